The van der Waals surface area contributed by atoms with Gasteiger partial charge in [0.15, 0.2) is 17.5 Å². The Hall–Kier alpha value is -5.11. The third-order valence-electron chi connectivity index (χ3n) is 9.11. The molecule has 1 saturated carbocycles. The molecule has 48 heavy (non-hydrogen) atoms. The van der Waals surface area contributed by atoms with Gasteiger partial charge in [-0.05, 0) is 44.7 Å². The molecule has 5 aromatic rings. The minimum atomic E-state index is -0.480. The number of benzene rings is 1. The number of aromatic amines is 1. The lowest BCUT2D eigenvalue weighted by Crippen LogP contribution is -2.33. The molecule has 0 bridgehead atoms. The molecule has 0 spiro atoms. The van der Waals surface area contributed by atoms with Gasteiger partial charge in [0.2, 0.25) is 11.9 Å². The molecule has 1 aliphatic heterocycles. The summed E-state index contributed by atoms with van der Waals surface area (Å²) in [5.74, 6) is 0.695. The van der Waals surface area contributed by atoms with Crippen molar-refractivity contribution < 1.29 is 13.9 Å². The van der Waals surface area contributed by atoms with Crippen molar-refractivity contribution in [2.24, 2.45) is 7.05 Å². The number of likely N-dealkylation sites (tertiary alicyclic amines) is 1. The summed E-state index contributed by atoms with van der Waals surface area (Å²) in [5.41, 5.74) is 5.11. The van der Waals surface area contributed by atoms with E-state index in [4.69, 9.17) is 9.72 Å². The average Bonchev–Trinajstić information content (AvgIpc) is 3.79. The van der Waals surface area contributed by atoms with Gasteiger partial charge in [-0.25, -0.2) is 19.3 Å². The number of aryl methyl sites for hydroxylation is 3. The molecule has 13 nitrogen and oxygen atoms in total. The van der Waals surface area contributed by atoms with Crippen LogP contribution in [0.5, 0.6) is 6.01 Å². The number of carbonyl (C=O) groups is 1. The van der Waals surface area contributed by atoms with E-state index in [2.05, 4.69) is 41.0 Å². The smallest absolute Gasteiger partial charge is 0.318 e. The van der Waals surface area contributed by atoms with Crippen LogP contribution in [0.25, 0.3) is 22.2 Å². The first-order chi connectivity index (χ1) is 23.3. The number of hydrogen-bond donors (Lipinski definition) is 4. The van der Waals surface area contributed by atoms with Crippen molar-refractivity contribution in [1.29, 1.82) is 0 Å². The van der Waals surface area contributed by atoms with Crippen LogP contribution < -0.4 is 20.7 Å². The fourth-order valence-electron chi connectivity index (χ4n) is 6.49. The molecule has 2 fully saturated rings. The van der Waals surface area contributed by atoms with E-state index in [1.807, 2.05) is 56.3 Å². The van der Waals surface area contributed by atoms with Crippen LogP contribution in [0.15, 0.2) is 42.9 Å². The molecule has 7 rings (SSSR count). The molecule has 1 amide bonds. The standard InChI is InChI=1S/C34H40FN11O2/c1-20-15-37-33(41-28-14-21(2)45(3)44-28)42-30(20)25-16-36-31-24(25)10-7-11-27(31)40-29(47)19-46-13-12-23(18-46)48-34-38-17-26(35)32(43-34)39-22-8-5-4-6-9-22/h7,10-11,14-17,22-23,36H,4-6,8-9,12-13,18-19H2,1-3H3,(H,40,47)(H,38,39,43)(H,37,41,42,44). The van der Waals surface area contributed by atoms with Gasteiger partial charge in [-0.1, -0.05) is 31.4 Å². The minimum Gasteiger partial charge on any atom is -0.459 e. The number of carbonyl (C=O) groups excluding carboxylic acids is 1. The van der Waals surface area contributed by atoms with Crippen LogP contribution in [-0.4, -0.2) is 77.3 Å². The first-order valence-electron chi connectivity index (χ1n) is 16.5. The molecule has 1 unspecified atom stereocenters. The van der Waals surface area contributed by atoms with Crippen molar-refractivity contribution in [3.8, 4) is 17.3 Å². The predicted molar refractivity (Wildman–Crippen MR) is 182 cm³/mol. The highest BCUT2D eigenvalue weighted by molar-refractivity contribution is 6.06. The molecule has 5 heterocycles. The molecule has 1 aromatic carbocycles. The van der Waals surface area contributed by atoms with Crippen molar-refractivity contribution >= 4 is 40.1 Å². The van der Waals surface area contributed by atoms with Crippen LogP contribution in [0.2, 0.25) is 0 Å². The largest absolute Gasteiger partial charge is 0.459 e. The Morgan fingerprint density at radius 3 is 2.77 bits per heavy atom. The van der Waals surface area contributed by atoms with Crippen molar-refractivity contribution in [1.82, 2.24) is 39.6 Å². The molecule has 14 heteroatoms. The Morgan fingerprint density at radius 2 is 1.96 bits per heavy atom. The first kappa shape index (κ1) is 31.5. The molecule has 2 aliphatic rings. The van der Waals surface area contributed by atoms with Crippen molar-refractivity contribution in [2.45, 2.75) is 64.5 Å². The van der Waals surface area contributed by atoms with Crippen molar-refractivity contribution in [3.63, 3.8) is 0 Å². The van der Waals surface area contributed by atoms with E-state index in [-0.39, 0.29) is 36.4 Å². The van der Waals surface area contributed by atoms with Gasteiger partial charge in [-0.3, -0.25) is 14.4 Å². The van der Waals surface area contributed by atoms with Gasteiger partial charge in [0.25, 0.3) is 0 Å². The second kappa shape index (κ2) is 13.6. The second-order valence-corrected chi connectivity index (χ2v) is 12.7. The topological polar surface area (TPSA) is 151 Å². The van der Waals surface area contributed by atoms with Gasteiger partial charge in [0.1, 0.15) is 6.10 Å². The maximum atomic E-state index is 14.4. The zero-order valence-electron chi connectivity index (χ0n) is 27.4. The fraction of sp³-hybridized carbons (Fsp3) is 0.412. The van der Waals surface area contributed by atoms with Crippen LogP contribution in [-0.2, 0) is 11.8 Å². The lowest BCUT2D eigenvalue weighted by molar-refractivity contribution is -0.117. The summed E-state index contributed by atoms with van der Waals surface area (Å²) in [7, 11) is 1.89. The van der Waals surface area contributed by atoms with E-state index < -0.39 is 5.82 Å². The Bertz CT molecular complexity index is 1910. The van der Waals surface area contributed by atoms with Crippen LogP contribution in [0.1, 0.15) is 49.8 Å². The molecule has 0 radical (unpaired) electrons. The normalized spacial score (nSPS) is 17.1. The SMILES string of the molecule is Cc1cnc(Nc2cc(C)n(C)n2)nc1-c1c[nH]c2c(NC(=O)CN3CCC(Oc4ncc(F)c(NC5CCCCC5)n4)C3)cccc12. The summed E-state index contributed by atoms with van der Waals surface area (Å²) in [6.07, 6.45) is 10.9. The number of nitrogens with one attached hydrogen (secondary N) is 4. The minimum absolute atomic E-state index is 0.133. The third-order valence-corrected chi connectivity index (χ3v) is 9.11. The number of aromatic nitrogens is 7. The third kappa shape index (κ3) is 6.93. The molecule has 250 valence electrons. The molecular formula is C34H40FN11O2. The number of fused-ring (bicyclic) bond motifs is 1. The van der Waals surface area contributed by atoms with Crippen LogP contribution in [0.3, 0.4) is 0 Å². The van der Waals surface area contributed by atoms with Crippen LogP contribution in [0.4, 0.5) is 27.7 Å². The van der Waals surface area contributed by atoms with E-state index in [0.29, 0.717) is 37.0 Å². The maximum Gasteiger partial charge on any atom is 0.318 e. The highest BCUT2D eigenvalue weighted by atomic mass is 19.1. The summed E-state index contributed by atoms with van der Waals surface area (Å²) < 4.78 is 22.2. The first-order valence-corrected chi connectivity index (χ1v) is 16.5. The van der Waals surface area contributed by atoms with Crippen molar-refractivity contribution in [3.05, 3.63) is 59.9 Å². The fourth-order valence-corrected chi connectivity index (χ4v) is 6.49. The highest BCUT2D eigenvalue weighted by Crippen LogP contribution is 2.33. The monoisotopic (exact) mass is 653 g/mol. The van der Waals surface area contributed by atoms with E-state index in [0.717, 1.165) is 65.3 Å². The van der Waals surface area contributed by atoms with E-state index in [1.165, 1.54) is 6.42 Å². The number of ether oxygens (including phenoxy) is 1. The van der Waals surface area contributed by atoms with Gasteiger partial charge in [-0.15, -0.1) is 0 Å². The van der Waals surface area contributed by atoms with Gasteiger partial charge >= 0.3 is 6.01 Å². The van der Waals surface area contributed by atoms with E-state index in [1.54, 1.807) is 10.9 Å². The summed E-state index contributed by atoms with van der Waals surface area (Å²) in [6, 6.07) is 8.10. The molecule has 1 atom stereocenters. The number of H-pyrrole nitrogens is 1. The summed E-state index contributed by atoms with van der Waals surface area (Å²) >= 11 is 0. The number of hydrogen-bond acceptors (Lipinski definition) is 10. The van der Waals surface area contributed by atoms with Crippen molar-refractivity contribution in [2.75, 3.05) is 35.6 Å². The molecule has 4 aromatic heterocycles. The quantitative estimate of drug-likeness (QED) is 0.152. The van der Waals surface area contributed by atoms with E-state index in [9.17, 15) is 9.18 Å². The van der Waals surface area contributed by atoms with E-state index >= 15 is 0 Å². The molecule has 1 saturated heterocycles. The maximum absolute atomic E-state index is 14.4. The zero-order valence-corrected chi connectivity index (χ0v) is 27.4. The number of anilines is 4. The Morgan fingerprint density at radius 1 is 1.10 bits per heavy atom. The molecular weight excluding hydrogens is 613 g/mol. The lowest BCUT2D eigenvalue weighted by atomic mass is 9.95. The van der Waals surface area contributed by atoms with Gasteiger partial charge in [-0.2, -0.15) is 10.1 Å². The van der Waals surface area contributed by atoms with Gasteiger partial charge in [0, 0.05) is 61.3 Å². The Balaban J connectivity index is 0.979. The number of amides is 1. The molecule has 4 N–H and O–H groups in total. The number of rotatable bonds is 10. The Labute approximate surface area is 277 Å². The highest BCUT2D eigenvalue weighted by Gasteiger charge is 2.27. The number of halogens is 1. The predicted octanol–water partition coefficient (Wildman–Crippen LogP) is 5.48. The molecule has 1 aliphatic carbocycles. The Kier molecular flexibility index (Phi) is 8.89. The van der Waals surface area contributed by atoms with Crippen LogP contribution >= 0.6 is 0 Å². The summed E-state index contributed by atoms with van der Waals surface area (Å²) in [5, 5.41) is 14.9. The summed E-state index contributed by atoms with van der Waals surface area (Å²) in [4.78, 5) is 36.2. The zero-order chi connectivity index (χ0) is 33.2. The lowest BCUT2D eigenvalue weighted by Gasteiger charge is -2.23. The van der Waals surface area contributed by atoms with Gasteiger partial charge in [0.05, 0.1) is 29.6 Å². The average molecular weight is 654 g/mol. The van der Waals surface area contributed by atoms with Gasteiger partial charge < -0.3 is 25.7 Å². The number of nitrogens with zero attached hydrogens (tertiary/aromatic N) is 7. The number of para-hydroxylation sites is 1. The summed E-state index contributed by atoms with van der Waals surface area (Å²) in [6.45, 7) is 5.38. The van der Waals surface area contributed by atoms with Crippen LogP contribution in [0, 0.1) is 19.7 Å². The second-order valence-electron chi connectivity index (χ2n) is 12.7.